The van der Waals surface area contributed by atoms with Crippen LogP contribution in [0.2, 0.25) is 5.02 Å². The molecule has 5 nitrogen and oxygen atoms in total. The zero-order chi connectivity index (χ0) is 13.0. The molecule has 0 saturated carbocycles. The topological polar surface area (TPSA) is 63.0 Å². The SMILES string of the molecule is CCNc1ncc(Cl)c(NC(C)c2ccco2)n1. The third-order valence-corrected chi connectivity index (χ3v) is 2.68. The highest BCUT2D eigenvalue weighted by Gasteiger charge is 2.12. The number of anilines is 2. The molecule has 2 aromatic heterocycles. The van der Waals surface area contributed by atoms with Gasteiger partial charge in [0.25, 0.3) is 0 Å². The summed E-state index contributed by atoms with van der Waals surface area (Å²) in [5.74, 6) is 1.97. The quantitative estimate of drug-likeness (QED) is 0.869. The molecule has 6 heteroatoms. The summed E-state index contributed by atoms with van der Waals surface area (Å²) in [4.78, 5) is 8.39. The third-order valence-electron chi connectivity index (χ3n) is 2.40. The first-order valence-corrected chi connectivity index (χ1v) is 6.15. The fraction of sp³-hybridized carbons (Fsp3) is 0.333. The zero-order valence-corrected chi connectivity index (χ0v) is 11.0. The molecule has 0 saturated heterocycles. The molecule has 0 fully saturated rings. The summed E-state index contributed by atoms with van der Waals surface area (Å²) in [5, 5.41) is 6.71. The fourth-order valence-corrected chi connectivity index (χ4v) is 1.67. The van der Waals surface area contributed by atoms with Gasteiger partial charge in [-0.25, -0.2) is 4.98 Å². The molecule has 0 aromatic carbocycles. The van der Waals surface area contributed by atoms with Gasteiger partial charge in [0.1, 0.15) is 10.8 Å². The monoisotopic (exact) mass is 266 g/mol. The summed E-state index contributed by atoms with van der Waals surface area (Å²) in [7, 11) is 0. The van der Waals surface area contributed by atoms with Gasteiger partial charge in [0.15, 0.2) is 5.82 Å². The van der Waals surface area contributed by atoms with E-state index in [-0.39, 0.29) is 6.04 Å². The Kier molecular flexibility index (Phi) is 4.04. The summed E-state index contributed by atoms with van der Waals surface area (Å²) < 4.78 is 5.32. The van der Waals surface area contributed by atoms with E-state index in [9.17, 15) is 0 Å². The Bertz CT molecular complexity index is 501. The Morgan fingerprint density at radius 1 is 1.50 bits per heavy atom. The van der Waals surface area contributed by atoms with Crippen molar-refractivity contribution in [2.75, 3.05) is 17.2 Å². The predicted octanol–water partition coefficient (Wildman–Crippen LogP) is 3.33. The highest BCUT2D eigenvalue weighted by Crippen LogP contribution is 2.24. The van der Waals surface area contributed by atoms with Gasteiger partial charge < -0.3 is 15.1 Å². The summed E-state index contributed by atoms with van der Waals surface area (Å²) >= 11 is 6.06. The van der Waals surface area contributed by atoms with E-state index in [1.54, 1.807) is 12.5 Å². The zero-order valence-electron chi connectivity index (χ0n) is 10.3. The molecule has 0 bridgehead atoms. The van der Waals surface area contributed by atoms with Gasteiger partial charge in [0.2, 0.25) is 5.95 Å². The highest BCUT2D eigenvalue weighted by molar-refractivity contribution is 6.32. The number of rotatable bonds is 5. The molecule has 0 aliphatic heterocycles. The summed E-state index contributed by atoms with van der Waals surface area (Å²) in [6, 6.07) is 3.74. The molecule has 0 amide bonds. The van der Waals surface area contributed by atoms with Crippen LogP contribution >= 0.6 is 11.6 Å². The van der Waals surface area contributed by atoms with Crippen LogP contribution < -0.4 is 10.6 Å². The molecule has 96 valence electrons. The molecule has 1 atom stereocenters. The molecule has 0 aliphatic carbocycles. The van der Waals surface area contributed by atoms with Gasteiger partial charge >= 0.3 is 0 Å². The molecule has 2 heterocycles. The van der Waals surface area contributed by atoms with Crippen LogP contribution in [-0.4, -0.2) is 16.5 Å². The fourth-order valence-electron chi connectivity index (χ4n) is 1.53. The summed E-state index contributed by atoms with van der Waals surface area (Å²) in [6.45, 7) is 4.72. The molecule has 1 unspecified atom stereocenters. The number of aromatic nitrogens is 2. The van der Waals surface area contributed by atoms with Gasteiger partial charge in [-0.05, 0) is 26.0 Å². The Hall–Kier alpha value is -1.75. The summed E-state index contributed by atoms with van der Waals surface area (Å²) in [5.41, 5.74) is 0. The molecule has 0 radical (unpaired) electrons. The minimum absolute atomic E-state index is 0.0122. The Morgan fingerprint density at radius 2 is 2.33 bits per heavy atom. The minimum atomic E-state index is -0.0122. The maximum atomic E-state index is 6.06. The number of nitrogens with zero attached hydrogens (tertiary/aromatic N) is 2. The van der Waals surface area contributed by atoms with Gasteiger partial charge in [-0.2, -0.15) is 4.98 Å². The maximum Gasteiger partial charge on any atom is 0.224 e. The first kappa shape index (κ1) is 12.7. The maximum absolute atomic E-state index is 6.06. The van der Waals surface area contributed by atoms with Gasteiger partial charge in [-0.1, -0.05) is 11.6 Å². The van der Waals surface area contributed by atoms with E-state index in [1.165, 1.54) is 0 Å². The summed E-state index contributed by atoms with van der Waals surface area (Å²) in [6.07, 6.45) is 3.21. The lowest BCUT2D eigenvalue weighted by atomic mass is 10.2. The normalized spacial score (nSPS) is 12.2. The number of furan rings is 1. The van der Waals surface area contributed by atoms with Crippen LogP contribution in [0.4, 0.5) is 11.8 Å². The number of hydrogen-bond acceptors (Lipinski definition) is 5. The van der Waals surface area contributed by atoms with Crippen LogP contribution in [0.1, 0.15) is 25.6 Å². The third kappa shape index (κ3) is 2.92. The molecule has 0 spiro atoms. The van der Waals surface area contributed by atoms with Crippen LogP contribution in [0, 0.1) is 0 Å². The first-order valence-electron chi connectivity index (χ1n) is 5.77. The molecular formula is C12H15ClN4O. The smallest absolute Gasteiger partial charge is 0.224 e. The van der Waals surface area contributed by atoms with Crippen LogP contribution in [0.15, 0.2) is 29.0 Å². The van der Waals surface area contributed by atoms with Gasteiger partial charge in [0, 0.05) is 6.54 Å². The lowest BCUT2D eigenvalue weighted by Gasteiger charge is -2.13. The van der Waals surface area contributed by atoms with E-state index in [4.69, 9.17) is 16.0 Å². The molecule has 2 rings (SSSR count). The second-order valence-corrected chi connectivity index (χ2v) is 4.21. The van der Waals surface area contributed by atoms with Crippen molar-refractivity contribution < 1.29 is 4.42 Å². The van der Waals surface area contributed by atoms with Crippen molar-refractivity contribution in [2.45, 2.75) is 19.9 Å². The first-order chi connectivity index (χ1) is 8.70. The lowest BCUT2D eigenvalue weighted by molar-refractivity contribution is 0.490. The Morgan fingerprint density at radius 3 is 3.00 bits per heavy atom. The second kappa shape index (κ2) is 5.73. The van der Waals surface area contributed by atoms with E-state index >= 15 is 0 Å². The number of halogens is 1. The second-order valence-electron chi connectivity index (χ2n) is 3.80. The van der Waals surface area contributed by atoms with Crippen LogP contribution in [0.25, 0.3) is 0 Å². The number of hydrogen-bond donors (Lipinski definition) is 2. The molecule has 2 aromatic rings. The van der Waals surface area contributed by atoms with Crippen LogP contribution in [-0.2, 0) is 0 Å². The van der Waals surface area contributed by atoms with Crippen molar-refractivity contribution in [1.82, 2.24) is 9.97 Å². The molecule has 0 aliphatic rings. The van der Waals surface area contributed by atoms with E-state index < -0.39 is 0 Å². The largest absolute Gasteiger partial charge is 0.467 e. The Labute approximate surface area is 111 Å². The lowest BCUT2D eigenvalue weighted by Crippen LogP contribution is -2.10. The Balaban J connectivity index is 2.15. The molecule has 18 heavy (non-hydrogen) atoms. The van der Waals surface area contributed by atoms with E-state index in [1.807, 2.05) is 26.0 Å². The van der Waals surface area contributed by atoms with E-state index in [2.05, 4.69) is 20.6 Å². The van der Waals surface area contributed by atoms with Crippen LogP contribution in [0.5, 0.6) is 0 Å². The number of nitrogens with one attached hydrogen (secondary N) is 2. The molecule has 2 N–H and O–H groups in total. The van der Waals surface area contributed by atoms with E-state index in [0.717, 1.165) is 12.3 Å². The average molecular weight is 267 g/mol. The van der Waals surface area contributed by atoms with Crippen LogP contribution in [0.3, 0.4) is 0 Å². The van der Waals surface area contributed by atoms with Crippen molar-refractivity contribution >= 4 is 23.4 Å². The van der Waals surface area contributed by atoms with E-state index in [0.29, 0.717) is 16.8 Å². The van der Waals surface area contributed by atoms with Crippen molar-refractivity contribution in [3.05, 3.63) is 35.4 Å². The highest BCUT2D eigenvalue weighted by atomic mass is 35.5. The van der Waals surface area contributed by atoms with Crippen molar-refractivity contribution in [3.63, 3.8) is 0 Å². The van der Waals surface area contributed by atoms with Gasteiger partial charge in [0.05, 0.1) is 18.5 Å². The van der Waals surface area contributed by atoms with Crippen molar-refractivity contribution in [2.24, 2.45) is 0 Å². The standard InChI is InChI=1S/C12H15ClN4O/c1-3-14-12-15-7-9(13)11(17-12)16-8(2)10-5-4-6-18-10/h4-8H,3H2,1-2H3,(H2,14,15,16,17). The van der Waals surface area contributed by atoms with Crippen molar-refractivity contribution in [3.8, 4) is 0 Å². The average Bonchev–Trinajstić information content (AvgIpc) is 2.87. The predicted molar refractivity (Wildman–Crippen MR) is 72.0 cm³/mol. The van der Waals surface area contributed by atoms with Gasteiger partial charge in [-0.3, -0.25) is 0 Å². The van der Waals surface area contributed by atoms with Crippen molar-refractivity contribution in [1.29, 1.82) is 0 Å². The molecular weight excluding hydrogens is 252 g/mol. The van der Waals surface area contributed by atoms with Gasteiger partial charge in [-0.15, -0.1) is 0 Å². The minimum Gasteiger partial charge on any atom is -0.467 e.